The molecule has 3 aromatic rings. The smallest absolute Gasteiger partial charge is 0.137 e. The van der Waals surface area contributed by atoms with Crippen LogP contribution in [0.1, 0.15) is 0 Å². The van der Waals surface area contributed by atoms with E-state index in [1.54, 1.807) is 0 Å². The van der Waals surface area contributed by atoms with Gasteiger partial charge in [-0.15, -0.1) is 11.6 Å². The van der Waals surface area contributed by atoms with Gasteiger partial charge in [-0.25, -0.2) is 9.98 Å². The number of rotatable bonds is 3. The Morgan fingerprint density at radius 1 is 1.29 bits per heavy atom. The van der Waals surface area contributed by atoms with Crippen molar-refractivity contribution in [2.24, 2.45) is 10.7 Å². The molecule has 0 saturated carbocycles. The Balaban J connectivity index is 2.04. The number of nitrogens with zero attached hydrogens (tertiary/aromatic N) is 3. The fourth-order valence-electron chi connectivity index (χ4n) is 2.03. The highest BCUT2D eigenvalue weighted by Gasteiger charge is 2.05. The number of nitrogens with two attached hydrogens (primary N) is 1. The lowest BCUT2D eigenvalue weighted by molar-refractivity contribution is 1.17. The minimum atomic E-state index is 0.219. The third kappa shape index (κ3) is 3.19. The second-order valence-electron chi connectivity index (χ2n) is 4.53. The molecule has 2 aromatic heterocycles. The van der Waals surface area contributed by atoms with Gasteiger partial charge in [-0.2, -0.15) is 0 Å². The van der Waals surface area contributed by atoms with Gasteiger partial charge in [0.1, 0.15) is 11.5 Å². The van der Waals surface area contributed by atoms with Gasteiger partial charge in [0.25, 0.3) is 0 Å². The molecule has 0 unspecified atom stereocenters. The van der Waals surface area contributed by atoms with Crippen molar-refractivity contribution in [3.63, 3.8) is 0 Å². The van der Waals surface area contributed by atoms with Gasteiger partial charge < -0.3 is 10.1 Å². The lowest BCUT2D eigenvalue weighted by Gasteiger charge is -2.00. The van der Waals surface area contributed by atoms with Crippen molar-refractivity contribution in [2.75, 3.05) is 5.88 Å². The quantitative estimate of drug-likeness (QED) is 0.309. The van der Waals surface area contributed by atoms with Crippen molar-refractivity contribution in [1.82, 2.24) is 9.38 Å². The zero-order valence-corrected chi connectivity index (χ0v) is 13.9. The van der Waals surface area contributed by atoms with E-state index >= 15 is 0 Å². The first-order chi connectivity index (χ1) is 10.2. The monoisotopic (exact) mass is 410 g/mol. The second-order valence-corrected chi connectivity index (χ2v) is 6.04. The highest BCUT2D eigenvalue weighted by molar-refractivity contribution is 14.1. The van der Waals surface area contributed by atoms with E-state index < -0.39 is 0 Å². The lowest BCUT2D eigenvalue weighted by Crippen LogP contribution is -2.12. The van der Waals surface area contributed by atoms with Crippen LogP contribution in [-0.4, -0.2) is 21.1 Å². The number of aliphatic imine (C=N–C) groups is 1. The average molecular weight is 411 g/mol. The molecule has 0 radical (unpaired) electrons. The maximum atomic E-state index is 5.67. The minimum Gasteiger partial charge on any atom is -0.386 e. The second kappa shape index (κ2) is 6.03. The molecule has 0 bridgehead atoms. The number of amidine groups is 1. The third-order valence-corrected chi connectivity index (χ3v) is 3.88. The number of pyridine rings is 1. The van der Waals surface area contributed by atoms with E-state index in [1.165, 1.54) is 0 Å². The van der Waals surface area contributed by atoms with E-state index in [-0.39, 0.29) is 5.88 Å². The summed E-state index contributed by atoms with van der Waals surface area (Å²) in [6.45, 7) is 0. The molecular weight excluding hydrogens is 399 g/mol. The van der Waals surface area contributed by atoms with E-state index in [9.17, 15) is 0 Å². The van der Waals surface area contributed by atoms with Gasteiger partial charge in [-0.3, -0.25) is 0 Å². The molecule has 0 aliphatic rings. The number of hydrogen-bond donors (Lipinski definition) is 1. The molecule has 106 valence electrons. The number of hydrogen-bond acceptors (Lipinski definition) is 2. The van der Waals surface area contributed by atoms with Gasteiger partial charge in [-0.1, -0.05) is 12.1 Å². The zero-order chi connectivity index (χ0) is 14.8. The molecule has 0 atom stereocenters. The molecule has 0 aliphatic carbocycles. The number of alkyl halides is 1. The molecule has 0 amide bonds. The van der Waals surface area contributed by atoms with Crippen LogP contribution in [0.3, 0.4) is 0 Å². The highest BCUT2D eigenvalue weighted by Crippen LogP contribution is 2.24. The van der Waals surface area contributed by atoms with Crippen LogP contribution in [0.25, 0.3) is 16.9 Å². The third-order valence-electron chi connectivity index (χ3n) is 2.97. The minimum absolute atomic E-state index is 0.219. The molecule has 21 heavy (non-hydrogen) atoms. The predicted octanol–water partition coefficient (Wildman–Crippen LogP) is 3.83. The first kappa shape index (κ1) is 14.3. The summed E-state index contributed by atoms with van der Waals surface area (Å²) in [6, 6.07) is 11.8. The van der Waals surface area contributed by atoms with Gasteiger partial charge in [0.05, 0.1) is 17.3 Å². The summed E-state index contributed by atoms with van der Waals surface area (Å²) in [5, 5.41) is 0. The Kier molecular flexibility index (Phi) is 4.12. The lowest BCUT2D eigenvalue weighted by atomic mass is 10.1. The summed E-state index contributed by atoms with van der Waals surface area (Å²) in [5.41, 5.74) is 9.26. The van der Waals surface area contributed by atoms with Crippen LogP contribution in [0.2, 0.25) is 0 Å². The van der Waals surface area contributed by atoms with Crippen LogP contribution < -0.4 is 5.73 Å². The summed E-state index contributed by atoms with van der Waals surface area (Å²) in [7, 11) is 0. The number of fused-ring (bicyclic) bond motifs is 1. The predicted molar refractivity (Wildman–Crippen MR) is 95.3 cm³/mol. The van der Waals surface area contributed by atoms with Crippen LogP contribution in [0.15, 0.2) is 53.8 Å². The van der Waals surface area contributed by atoms with Gasteiger partial charge in [-0.05, 0) is 46.9 Å². The van der Waals surface area contributed by atoms with Crippen molar-refractivity contribution < 1.29 is 0 Å². The summed E-state index contributed by atoms with van der Waals surface area (Å²) in [4.78, 5) is 8.88. The molecule has 0 saturated heterocycles. The largest absolute Gasteiger partial charge is 0.386 e. The molecule has 2 heterocycles. The van der Waals surface area contributed by atoms with Crippen molar-refractivity contribution >= 4 is 51.4 Å². The summed E-state index contributed by atoms with van der Waals surface area (Å²) >= 11 is 7.94. The van der Waals surface area contributed by atoms with Crippen LogP contribution >= 0.6 is 34.2 Å². The molecule has 6 heteroatoms. The number of benzene rings is 1. The van der Waals surface area contributed by atoms with Crippen molar-refractivity contribution in [1.29, 1.82) is 0 Å². The Hall–Kier alpha value is -1.60. The average Bonchev–Trinajstić information content (AvgIpc) is 2.90. The topological polar surface area (TPSA) is 55.7 Å². The summed E-state index contributed by atoms with van der Waals surface area (Å²) in [6.07, 6.45) is 4.05. The highest BCUT2D eigenvalue weighted by atomic mass is 127. The van der Waals surface area contributed by atoms with E-state index in [1.807, 2.05) is 53.2 Å². The molecule has 0 spiro atoms. The summed E-state index contributed by atoms with van der Waals surface area (Å²) < 4.78 is 3.18. The zero-order valence-electron chi connectivity index (χ0n) is 11.0. The van der Waals surface area contributed by atoms with Gasteiger partial charge in [0, 0.05) is 21.5 Å². The Bertz CT molecular complexity index is 825. The fourth-order valence-corrected chi connectivity index (χ4v) is 2.57. The van der Waals surface area contributed by atoms with Crippen molar-refractivity contribution in [2.45, 2.75) is 0 Å². The number of imidazole rings is 1. The molecule has 0 aliphatic heterocycles. The molecule has 1 aromatic carbocycles. The number of halogens is 2. The Morgan fingerprint density at radius 2 is 2.14 bits per heavy atom. The van der Waals surface area contributed by atoms with Crippen molar-refractivity contribution in [3.8, 4) is 11.3 Å². The Labute approximate surface area is 140 Å². The van der Waals surface area contributed by atoms with Gasteiger partial charge in [0.15, 0.2) is 0 Å². The van der Waals surface area contributed by atoms with Crippen LogP contribution in [0.5, 0.6) is 0 Å². The molecule has 2 N–H and O–H groups in total. The van der Waals surface area contributed by atoms with E-state index in [0.29, 0.717) is 5.84 Å². The summed E-state index contributed by atoms with van der Waals surface area (Å²) in [5.74, 6) is 0.621. The maximum Gasteiger partial charge on any atom is 0.137 e. The van der Waals surface area contributed by atoms with Crippen molar-refractivity contribution in [3.05, 3.63) is 52.4 Å². The Morgan fingerprint density at radius 3 is 2.95 bits per heavy atom. The molecule has 0 fully saturated rings. The molecule has 4 nitrogen and oxygen atoms in total. The maximum absolute atomic E-state index is 5.67. The van der Waals surface area contributed by atoms with Crippen LogP contribution in [0, 0.1) is 3.57 Å². The van der Waals surface area contributed by atoms with Crippen LogP contribution in [-0.2, 0) is 0 Å². The fraction of sp³-hybridized carbons (Fsp3) is 0.0667. The van der Waals surface area contributed by atoms with E-state index in [4.69, 9.17) is 17.3 Å². The standard InChI is InChI=1S/C15H12ClIN4/c16-7-14(18)19-12-3-1-2-10(6-12)13-9-21-8-11(17)4-5-15(21)20-13/h1-6,8-9H,7H2,(H2,18,19). The van der Waals surface area contributed by atoms with Gasteiger partial charge >= 0.3 is 0 Å². The first-order valence-corrected chi connectivity index (χ1v) is 7.91. The van der Waals surface area contributed by atoms with E-state index in [2.05, 4.69) is 32.6 Å². The number of aromatic nitrogens is 2. The van der Waals surface area contributed by atoms with E-state index in [0.717, 1.165) is 26.2 Å². The van der Waals surface area contributed by atoms with Crippen LogP contribution in [0.4, 0.5) is 5.69 Å². The normalized spacial score (nSPS) is 12.0. The first-order valence-electron chi connectivity index (χ1n) is 6.29. The molecule has 3 rings (SSSR count). The SMILES string of the molecule is NC(CCl)=Nc1cccc(-c2cn3cc(I)ccc3n2)c1. The van der Waals surface area contributed by atoms with Gasteiger partial charge in [0.2, 0.25) is 0 Å². The molecular formula is C15H12ClIN4.